The van der Waals surface area contributed by atoms with Crippen LogP contribution in [-0.4, -0.2) is 39.8 Å². The highest BCUT2D eigenvalue weighted by atomic mass is 19.3. The van der Waals surface area contributed by atoms with Crippen LogP contribution in [0.25, 0.3) is 0 Å². The van der Waals surface area contributed by atoms with Crippen molar-refractivity contribution in [1.82, 2.24) is 14.9 Å². The number of hydrogen-bond acceptors (Lipinski definition) is 5. The Labute approximate surface area is 158 Å². The third-order valence-electron chi connectivity index (χ3n) is 4.60. The maximum atomic E-state index is 14.5. The fraction of sp³-hybridized carbons (Fsp3) is 0.278. The van der Waals surface area contributed by atoms with Gasteiger partial charge in [0.2, 0.25) is 0 Å². The number of halogens is 3. The highest BCUT2D eigenvalue weighted by molar-refractivity contribution is 6.02. The van der Waals surface area contributed by atoms with Crippen molar-refractivity contribution in [3.05, 3.63) is 64.6 Å². The van der Waals surface area contributed by atoms with Gasteiger partial charge in [-0.1, -0.05) is 6.58 Å². The van der Waals surface area contributed by atoms with Crippen molar-refractivity contribution < 1.29 is 18.0 Å². The van der Waals surface area contributed by atoms with E-state index in [1.807, 2.05) is 0 Å². The topological polar surface area (TPSA) is 104 Å². The number of nitrogens with one attached hydrogen (secondary N) is 2. The number of H-pyrrole nitrogens is 1. The Bertz CT molecular complexity index is 958. The van der Waals surface area contributed by atoms with Gasteiger partial charge in [0.1, 0.15) is 11.6 Å². The number of alkyl halides is 2. The van der Waals surface area contributed by atoms with Crippen molar-refractivity contribution in [3.63, 3.8) is 0 Å². The lowest BCUT2D eigenvalue weighted by Gasteiger charge is -2.40. The molecule has 3 heterocycles. The summed E-state index contributed by atoms with van der Waals surface area (Å²) in [7, 11) is 0. The SMILES string of the molecule is C=C(C(=O)Nc1ccc(F)cn1)N1CCC(F)(F)[C@@H](c2c[nH]c(=O)c(N)c2)C1. The average Bonchev–Trinajstić information content (AvgIpc) is 2.65. The number of aromatic amines is 1. The summed E-state index contributed by atoms with van der Waals surface area (Å²) in [5, 5.41) is 2.45. The predicted molar refractivity (Wildman–Crippen MR) is 97.3 cm³/mol. The number of rotatable bonds is 4. The van der Waals surface area contributed by atoms with Gasteiger partial charge in [0, 0.05) is 25.7 Å². The van der Waals surface area contributed by atoms with Crippen molar-refractivity contribution in [1.29, 1.82) is 0 Å². The van der Waals surface area contributed by atoms with Gasteiger partial charge < -0.3 is 20.9 Å². The fourth-order valence-electron chi connectivity index (χ4n) is 3.00. The molecule has 0 aromatic carbocycles. The van der Waals surface area contributed by atoms with Crippen molar-refractivity contribution in [2.24, 2.45) is 0 Å². The van der Waals surface area contributed by atoms with Crippen molar-refractivity contribution >= 4 is 17.4 Å². The summed E-state index contributed by atoms with van der Waals surface area (Å²) in [5.74, 6) is -5.41. The monoisotopic (exact) mass is 393 g/mol. The molecule has 0 spiro atoms. The Morgan fingerprint density at radius 3 is 2.82 bits per heavy atom. The van der Waals surface area contributed by atoms with E-state index in [4.69, 9.17) is 5.73 Å². The molecule has 1 atom stereocenters. The van der Waals surface area contributed by atoms with Crippen molar-refractivity contribution in [3.8, 4) is 0 Å². The molecule has 2 aromatic rings. The summed E-state index contributed by atoms with van der Waals surface area (Å²) >= 11 is 0. The first-order valence-electron chi connectivity index (χ1n) is 8.40. The first kappa shape index (κ1) is 19.5. The van der Waals surface area contributed by atoms with Crippen LogP contribution in [0.2, 0.25) is 0 Å². The molecule has 0 unspecified atom stereocenters. The number of nitrogens with two attached hydrogens (primary N) is 1. The number of amides is 1. The second kappa shape index (κ2) is 7.37. The van der Waals surface area contributed by atoms with Crippen LogP contribution < -0.4 is 16.6 Å². The highest BCUT2D eigenvalue weighted by Crippen LogP contribution is 2.41. The lowest BCUT2D eigenvalue weighted by atomic mass is 9.87. The Kier molecular flexibility index (Phi) is 5.12. The Morgan fingerprint density at radius 2 is 2.18 bits per heavy atom. The molecule has 28 heavy (non-hydrogen) atoms. The Balaban J connectivity index is 1.76. The number of carbonyl (C=O) groups is 1. The molecule has 2 aromatic heterocycles. The number of nitrogens with zero attached hydrogens (tertiary/aromatic N) is 2. The molecular formula is C18H18F3N5O2. The second-order valence-electron chi connectivity index (χ2n) is 6.49. The fourth-order valence-corrected chi connectivity index (χ4v) is 3.00. The number of hydrogen-bond donors (Lipinski definition) is 3. The van der Waals surface area contributed by atoms with E-state index in [1.165, 1.54) is 23.2 Å². The van der Waals surface area contributed by atoms with Crippen LogP contribution in [0, 0.1) is 5.82 Å². The van der Waals surface area contributed by atoms with E-state index in [2.05, 4.69) is 21.9 Å². The molecule has 1 saturated heterocycles. The number of pyridine rings is 2. The number of piperidine rings is 1. The quantitative estimate of drug-likeness (QED) is 0.690. The normalized spacial score (nSPS) is 18.5. The molecular weight excluding hydrogens is 375 g/mol. The first-order chi connectivity index (χ1) is 13.2. The minimum Gasteiger partial charge on any atom is -0.394 e. The number of nitrogen functional groups attached to an aromatic ring is 1. The number of aromatic nitrogens is 2. The Hall–Kier alpha value is -3.30. The maximum absolute atomic E-state index is 14.5. The van der Waals surface area contributed by atoms with E-state index in [-0.39, 0.29) is 35.9 Å². The van der Waals surface area contributed by atoms with Crippen LogP contribution in [0.3, 0.4) is 0 Å². The molecule has 148 valence electrons. The van der Waals surface area contributed by atoms with E-state index in [9.17, 15) is 22.8 Å². The number of likely N-dealkylation sites (tertiary alicyclic amines) is 1. The van der Waals surface area contributed by atoms with Gasteiger partial charge in [0.15, 0.2) is 0 Å². The van der Waals surface area contributed by atoms with Gasteiger partial charge in [0.25, 0.3) is 17.4 Å². The summed E-state index contributed by atoms with van der Waals surface area (Å²) in [6.07, 6.45) is 1.64. The van der Waals surface area contributed by atoms with E-state index in [0.29, 0.717) is 0 Å². The minimum atomic E-state index is -3.05. The molecule has 0 saturated carbocycles. The van der Waals surface area contributed by atoms with Gasteiger partial charge in [0.05, 0.1) is 23.5 Å². The predicted octanol–water partition coefficient (Wildman–Crippen LogP) is 2.07. The van der Waals surface area contributed by atoms with Crippen LogP contribution in [0.5, 0.6) is 0 Å². The van der Waals surface area contributed by atoms with Crippen LogP contribution in [0.4, 0.5) is 24.7 Å². The minimum absolute atomic E-state index is 0.0241. The van der Waals surface area contributed by atoms with Crippen LogP contribution >= 0.6 is 0 Å². The third-order valence-corrected chi connectivity index (χ3v) is 4.60. The first-order valence-corrected chi connectivity index (χ1v) is 8.40. The lowest BCUT2D eigenvalue weighted by molar-refractivity contribution is -0.116. The number of carbonyl (C=O) groups excluding carboxylic acids is 1. The van der Waals surface area contributed by atoms with Gasteiger partial charge in [-0.25, -0.2) is 18.2 Å². The summed E-state index contributed by atoms with van der Waals surface area (Å²) in [6, 6.07) is 3.62. The molecule has 1 amide bonds. The number of anilines is 2. The van der Waals surface area contributed by atoms with E-state index < -0.39 is 35.5 Å². The highest BCUT2D eigenvalue weighted by Gasteiger charge is 2.45. The Morgan fingerprint density at radius 1 is 1.43 bits per heavy atom. The van der Waals surface area contributed by atoms with Gasteiger partial charge in [-0.2, -0.15) is 0 Å². The van der Waals surface area contributed by atoms with Gasteiger partial charge in [-0.05, 0) is 23.8 Å². The van der Waals surface area contributed by atoms with E-state index in [0.717, 1.165) is 12.3 Å². The summed E-state index contributed by atoms with van der Waals surface area (Å²) in [4.78, 5) is 31.2. The average molecular weight is 393 g/mol. The van der Waals surface area contributed by atoms with Gasteiger partial charge >= 0.3 is 0 Å². The molecule has 3 rings (SSSR count). The third kappa shape index (κ3) is 4.00. The molecule has 1 fully saturated rings. The smallest absolute Gasteiger partial charge is 0.272 e. The molecule has 0 radical (unpaired) electrons. The summed E-state index contributed by atoms with van der Waals surface area (Å²) in [5.41, 5.74) is 4.96. The molecule has 1 aliphatic rings. The van der Waals surface area contributed by atoms with Crippen LogP contribution in [-0.2, 0) is 4.79 Å². The lowest BCUT2D eigenvalue weighted by Crippen LogP contribution is -2.46. The largest absolute Gasteiger partial charge is 0.394 e. The molecule has 7 nitrogen and oxygen atoms in total. The van der Waals surface area contributed by atoms with E-state index >= 15 is 0 Å². The zero-order chi connectivity index (χ0) is 20.5. The molecule has 0 aliphatic carbocycles. The summed E-state index contributed by atoms with van der Waals surface area (Å²) in [6.45, 7) is 3.41. The standard InChI is InChI=1S/C18H18F3N5O2/c1-10(16(27)25-15-3-2-12(19)8-23-15)26-5-4-18(20,21)13(9-26)11-6-14(22)17(28)24-7-11/h2-3,6-8,13H,1,4-5,9,22H2,(H,24,28)(H,23,25,27)/t13-/m1/s1. The molecule has 4 N–H and O–H groups in total. The zero-order valence-electron chi connectivity index (χ0n) is 14.7. The molecule has 1 aliphatic heterocycles. The van der Waals surface area contributed by atoms with Crippen LogP contribution in [0.15, 0.2) is 47.7 Å². The molecule has 0 bridgehead atoms. The molecule has 10 heteroatoms. The van der Waals surface area contributed by atoms with Crippen molar-refractivity contribution in [2.75, 3.05) is 24.1 Å². The zero-order valence-corrected chi connectivity index (χ0v) is 14.7. The van der Waals surface area contributed by atoms with Gasteiger partial charge in [-0.15, -0.1) is 0 Å². The maximum Gasteiger partial charge on any atom is 0.272 e. The van der Waals surface area contributed by atoms with Crippen LogP contribution in [0.1, 0.15) is 17.9 Å². The van der Waals surface area contributed by atoms with Gasteiger partial charge in [-0.3, -0.25) is 9.59 Å². The van der Waals surface area contributed by atoms with E-state index in [1.54, 1.807) is 0 Å². The second-order valence-corrected chi connectivity index (χ2v) is 6.49. The van der Waals surface area contributed by atoms with Crippen molar-refractivity contribution in [2.45, 2.75) is 18.3 Å². The summed E-state index contributed by atoms with van der Waals surface area (Å²) < 4.78 is 41.8.